The number of carbonyl (C=O) groups is 1. The summed E-state index contributed by atoms with van der Waals surface area (Å²) in [6.45, 7) is 0.318. The Morgan fingerprint density at radius 3 is 2.72 bits per heavy atom. The molecule has 1 saturated carbocycles. The van der Waals surface area contributed by atoms with Gasteiger partial charge >= 0.3 is 0 Å². The van der Waals surface area contributed by atoms with Crippen molar-refractivity contribution in [2.45, 2.75) is 31.7 Å². The molecule has 3 nitrogen and oxygen atoms in total. The van der Waals surface area contributed by atoms with Crippen molar-refractivity contribution in [3.63, 3.8) is 0 Å². The second-order valence-corrected chi connectivity index (χ2v) is 4.88. The predicted molar refractivity (Wildman–Crippen MR) is 69.9 cm³/mol. The third-order valence-corrected chi connectivity index (χ3v) is 3.49. The van der Waals surface area contributed by atoms with Gasteiger partial charge in [0, 0.05) is 6.04 Å². The average molecular weight is 250 g/mol. The maximum Gasteiger partial charge on any atom is 0.238 e. The quantitative estimate of drug-likeness (QED) is 0.891. The number of amides is 1. The first-order chi connectivity index (χ1) is 8.66. The highest BCUT2D eigenvalue weighted by molar-refractivity contribution is 5.92. The molecule has 2 rings (SSSR count). The van der Waals surface area contributed by atoms with E-state index in [1.54, 1.807) is 18.2 Å². The van der Waals surface area contributed by atoms with Crippen molar-refractivity contribution in [3.05, 3.63) is 30.1 Å². The number of halogens is 1. The van der Waals surface area contributed by atoms with E-state index in [-0.39, 0.29) is 11.6 Å². The van der Waals surface area contributed by atoms with Crippen LogP contribution in [-0.4, -0.2) is 30.4 Å². The van der Waals surface area contributed by atoms with Gasteiger partial charge in [-0.1, -0.05) is 25.0 Å². The summed E-state index contributed by atoms with van der Waals surface area (Å²) in [6, 6.07) is 6.73. The van der Waals surface area contributed by atoms with E-state index in [0.717, 1.165) is 12.8 Å². The summed E-state index contributed by atoms with van der Waals surface area (Å²) in [5, 5.41) is 2.61. The van der Waals surface area contributed by atoms with E-state index >= 15 is 0 Å². The molecule has 0 spiro atoms. The fourth-order valence-corrected chi connectivity index (χ4v) is 2.45. The van der Waals surface area contributed by atoms with Crippen LogP contribution in [0.15, 0.2) is 24.3 Å². The first kappa shape index (κ1) is 13.0. The van der Waals surface area contributed by atoms with E-state index in [2.05, 4.69) is 10.2 Å². The van der Waals surface area contributed by atoms with Crippen LogP contribution in [0.4, 0.5) is 10.1 Å². The molecule has 0 aliphatic heterocycles. The molecule has 0 bridgehead atoms. The lowest BCUT2D eigenvalue weighted by Gasteiger charge is -2.23. The Bertz CT molecular complexity index is 416. The zero-order valence-corrected chi connectivity index (χ0v) is 10.7. The van der Waals surface area contributed by atoms with Crippen molar-refractivity contribution in [1.82, 2.24) is 4.90 Å². The molecule has 1 aromatic rings. The summed E-state index contributed by atoms with van der Waals surface area (Å²) in [6.07, 6.45) is 4.79. The number of rotatable bonds is 4. The van der Waals surface area contributed by atoms with Gasteiger partial charge in [0.05, 0.1) is 12.2 Å². The molecule has 0 atom stereocenters. The maximum absolute atomic E-state index is 13.4. The summed E-state index contributed by atoms with van der Waals surface area (Å²) in [5.41, 5.74) is 0.252. The number of carbonyl (C=O) groups excluding carboxylic acids is 1. The highest BCUT2D eigenvalue weighted by Crippen LogP contribution is 2.22. The van der Waals surface area contributed by atoms with Gasteiger partial charge in [0.2, 0.25) is 5.91 Å². The van der Waals surface area contributed by atoms with E-state index in [9.17, 15) is 9.18 Å². The summed E-state index contributed by atoms with van der Waals surface area (Å²) >= 11 is 0. The summed E-state index contributed by atoms with van der Waals surface area (Å²) < 4.78 is 13.4. The Labute approximate surface area is 107 Å². The first-order valence-electron chi connectivity index (χ1n) is 6.41. The van der Waals surface area contributed by atoms with Crippen molar-refractivity contribution in [1.29, 1.82) is 0 Å². The predicted octanol–water partition coefficient (Wildman–Crippen LogP) is 2.64. The van der Waals surface area contributed by atoms with E-state index in [4.69, 9.17) is 0 Å². The van der Waals surface area contributed by atoms with Crippen LogP contribution >= 0.6 is 0 Å². The van der Waals surface area contributed by atoms with Crippen molar-refractivity contribution in [3.8, 4) is 0 Å². The number of benzene rings is 1. The van der Waals surface area contributed by atoms with Gasteiger partial charge in [-0.25, -0.2) is 4.39 Å². The maximum atomic E-state index is 13.4. The highest BCUT2D eigenvalue weighted by Gasteiger charge is 2.21. The Hall–Kier alpha value is -1.42. The molecule has 1 aliphatic rings. The minimum absolute atomic E-state index is 0.158. The Morgan fingerprint density at radius 2 is 2.06 bits per heavy atom. The molecule has 18 heavy (non-hydrogen) atoms. The number of likely N-dealkylation sites (N-methyl/N-ethyl adjacent to an activating group) is 1. The third kappa shape index (κ3) is 3.29. The minimum atomic E-state index is -0.394. The van der Waals surface area contributed by atoms with E-state index in [1.165, 1.54) is 18.9 Å². The number of hydrogen-bond acceptors (Lipinski definition) is 2. The van der Waals surface area contributed by atoms with Crippen LogP contribution < -0.4 is 5.32 Å². The van der Waals surface area contributed by atoms with Gasteiger partial charge < -0.3 is 5.32 Å². The summed E-state index contributed by atoms with van der Waals surface area (Å²) in [4.78, 5) is 13.9. The number of anilines is 1. The van der Waals surface area contributed by atoms with Gasteiger partial charge in [-0.15, -0.1) is 0 Å². The van der Waals surface area contributed by atoms with Crippen molar-refractivity contribution < 1.29 is 9.18 Å². The van der Waals surface area contributed by atoms with Gasteiger partial charge in [0.25, 0.3) is 0 Å². The minimum Gasteiger partial charge on any atom is -0.322 e. The zero-order chi connectivity index (χ0) is 13.0. The molecule has 0 unspecified atom stereocenters. The molecular weight excluding hydrogens is 231 g/mol. The molecule has 1 aromatic carbocycles. The van der Waals surface area contributed by atoms with Crippen LogP contribution in [0.25, 0.3) is 0 Å². The normalized spacial score (nSPS) is 16.2. The number of para-hydroxylation sites is 1. The molecule has 0 saturated heterocycles. The average Bonchev–Trinajstić information content (AvgIpc) is 2.85. The molecule has 0 heterocycles. The van der Waals surface area contributed by atoms with Crippen LogP contribution in [0.3, 0.4) is 0 Å². The largest absolute Gasteiger partial charge is 0.322 e. The lowest BCUT2D eigenvalue weighted by molar-refractivity contribution is -0.117. The number of hydrogen-bond donors (Lipinski definition) is 1. The van der Waals surface area contributed by atoms with E-state index < -0.39 is 5.82 Å². The van der Waals surface area contributed by atoms with Crippen molar-refractivity contribution in [2.75, 3.05) is 18.9 Å². The van der Waals surface area contributed by atoms with Gasteiger partial charge in [-0.2, -0.15) is 0 Å². The van der Waals surface area contributed by atoms with E-state index in [0.29, 0.717) is 12.6 Å². The summed E-state index contributed by atoms with van der Waals surface area (Å²) in [7, 11) is 1.96. The molecular formula is C14H19FN2O. The van der Waals surface area contributed by atoms with Crippen LogP contribution in [0.2, 0.25) is 0 Å². The van der Waals surface area contributed by atoms with Gasteiger partial charge in [-0.3, -0.25) is 9.69 Å². The third-order valence-electron chi connectivity index (χ3n) is 3.49. The lowest BCUT2D eigenvalue weighted by atomic mass is 10.2. The van der Waals surface area contributed by atoms with Crippen LogP contribution in [0.1, 0.15) is 25.7 Å². The Kier molecular flexibility index (Phi) is 4.31. The SMILES string of the molecule is CN(CC(=O)Nc1ccccc1F)C1CCCC1. The number of nitrogens with one attached hydrogen (secondary N) is 1. The van der Waals surface area contributed by atoms with E-state index in [1.807, 2.05) is 7.05 Å². The number of nitrogens with zero attached hydrogens (tertiary/aromatic N) is 1. The van der Waals surface area contributed by atoms with Crippen molar-refractivity contribution >= 4 is 11.6 Å². The molecule has 1 amide bonds. The topological polar surface area (TPSA) is 32.3 Å². The smallest absolute Gasteiger partial charge is 0.238 e. The van der Waals surface area contributed by atoms with Crippen LogP contribution in [-0.2, 0) is 4.79 Å². The van der Waals surface area contributed by atoms with Gasteiger partial charge in [-0.05, 0) is 32.0 Å². The summed E-state index contributed by atoms with van der Waals surface area (Å²) in [5.74, 6) is -0.552. The van der Waals surface area contributed by atoms with Crippen LogP contribution in [0, 0.1) is 5.82 Å². The fourth-order valence-electron chi connectivity index (χ4n) is 2.45. The molecule has 0 radical (unpaired) electrons. The second-order valence-electron chi connectivity index (χ2n) is 4.88. The first-order valence-corrected chi connectivity index (χ1v) is 6.41. The highest BCUT2D eigenvalue weighted by atomic mass is 19.1. The zero-order valence-electron chi connectivity index (χ0n) is 10.7. The lowest BCUT2D eigenvalue weighted by Crippen LogP contribution is -2.36. The molecule has 1 fully saturated rings. The van der Waals surface area contributed by atoms with Crippen molar-refractivity contribution in [2.24, 2.45) is 0 Å². The molecule has 0 aromatic heterocycles. The Morgan fingerprint density at radius 1 is 1.39 bits per heavy atom. The Balaban J connectivity index is 1.86. The molecule has 4 heteroatoms. The standard InChI is InChI=1S/C14H19FN2O/c1-17(11-6-2-3-7-11)10-14(18)16-13-9-5-4-8-12(13)15/h4-5,8-9,11H,2-3,6-7,10H2,1H3,(H,16,18). The molecule has 1 aliphatic carbocycles. The molecule has 98 valence electrons. The molecule has 1 N–H and O–H groups in total. The van der Waals surface area contributed by atoms with Gasteiger partial charge in [0.1, 0.15) is 5.82 Å². The fraction of sp³-hybridized carbons (Fsp3) is 0.500. The monoisotopic (exact) mass is 250 g/mol. The van der Waals surface area contributed by atoms with Gasteiger partial charge in [0.15, 0.2) is 0 Å². The van der Waals surface area contributed by atoms with Crippen LogP contribution in [0.5, 0.6) is 0 Å². The second kappa shape index (κ2) is 5.96.